The number of likely N-dealkylation sites (tertiary alicyclic amines) is 1. The van der Waals surface area contributed by atoms with Crippen molar-refractivity contribution in [2.45, 2.75) is 105 Å². The molecule has 6 atom stereocenters. The van der Waals surface area contributed by atoms with Gasteiger partial charge < -0.3 is 36.8 Å². The topological polar surface area (TPSA) is 183 Å². The summed E-state index contributed by atoms with van der Waals surface area (Å²) in [7, 11) is 0. The number of primary amides is 1. The maximum absolute atomic E-state index is 14.3. The molecule has 0 aromatic carbocycles. The number of urea groups is 2. The first kappa shape index (κ1) is 34.5. The van der Waals surface area contributed by atoms with Crippen LogP contribution in [0.1, 0.15) is 81.1 Å². The molecule has 6 N–H and O–H groups in total. The predicted octanol–water partition coefficient (Wildman–Crippen LogP) is 1.35. The van der Waals surface area contributed by atoms with Crippen LogP contribution in [-0.4, -0.2) is 95.7 Å². The van der Waals surface area contributed by atoms with Crippen molar-refractivity contribution in [2.24, 2.45) is 39.7 Å². The third kappa shape index (κ3) is 7.22. The molecular formula is C32H53N7O6. The summed E-state index contributed by atoms with van der Waals surface area (Å²) in [5.41, 5.74) is 4.04. The Labute approximate surface area is 266 Å². The Morgan fingerprint density at radius 2 is 1.62 bits per heavy atom. The Morgan fingerprint density at radius 3 is 2.13 bits per heavy atom. The van der Waals surface area contributed by atoms with Gasteiger partial charge in [-0.05, 0) is 53.3 Å². The molecule has 2 saturated heterocycles. The SMILES string of the molecule is CC(C)(C)[C@H](NC(=O)N[C@H](CN1CCCNC1=O)C(C)(C)C)C(=O)N1C[C@H]2[C@@H]([C@H]1C(=O)NC(C(=O)C(N)=O)C1CCC1)C2(C)C. The highest BCUT2D eigenvalue weighted by Crippen LogP contribution is 2.65. The molecule has 4 rings (SSSR count). The quantitative estimate of drug-likeness (QED) is 0.227. The van der Waals surface area contributed by atoms with E-state index in [2.05, 4.69) is 35.1 Å². The maximum atomic E-state index is 14.3. The fraction of sp³-hybridized carbons (Fsp3) is 0.812. The number of piperidine rings is 1. The van der Waals surface area contributed by atoms with Gasteiger partial charge in [0.05, 0.1) is 6.04 Å². The number of carbonyl (C=O) groups is 6. The second kappa shape index (κ2) is 12.4. The summed E-state index contributed by atoms with van der Waals surface area (Å²) in [6.07, 6.45) is 3.13. The van der Waals surface area contributed by atoms with Crippen molar-refractivity contribution in [3.05, 3.63) is 0 Å². The minimum absolute atomic E-state index is 0.0848. The standard InChI is InChI=1S/C32H53N7O6/c1-30(2,3)19(16-38-14-10-13-34-29(38)45)35-28(44)37-24(31(4,5)6)27(43)39-15-18-20(32(18,7)8)22(39)26(42)36-21(17-11-9-12-17)23(40)25(33)41/h17-22,24H,9-16H2,1-8H3,(H2,33,41)(H,34,45)(H,36,42)(H2,35,37,44)/t18-,19+,20-,21?,22-,24+/m0/s1. The van der Waals surface area contributed by atoms with Crippen LogP contribution in [0.25, 0.3) is 0 Å². The maximum Gasteiger partial charge on any atom is 0.317 e. The zero-order valence-corrected chi connectivity index (χ0v) is 28.1. The van der Waals surface area contributed by atoms with Gasteiger partial charge in [-0.25, -0.2) is 9.59 Å². The highest BCUT2D eigenvalue weighted by atomic mass is 16.2. The zero-order valence-electron chi connectivity index (χ0n) is 28.1. The van der Waals surface area contributed by atoms with Crippen LogP contribution < -0.4 is 27.0 Å². The lowest BCUT2D eigenvalue weighted by Crippen LogP contribution is -2.63. The van der Waals surface area contributed by atoms with Crippen LogP contribution in [0.4, 0.5) is 9.59 Å². The normalized spacial score (nSPS) is 26.4. The van der Waals surface area contributed by atoms with Crippen molar-refractivity contribution in [2.75, 3.05) is 26.2 Å². The minimum atomic E-state index is -1.09. The largest absolute Gasteiger partial charge is 0.363 e. The van der Waals surface area contributed by atoms with Crippen LogP contribution in [0.5, 0.6) is 0 Å². The Morgan fingerprint density at radius 1 is 0.978 bits per heavy atom. The van der Waals surface area contributed by atoms with Crippen molar-refractivity contribution in [1.29, 1.82) is 0 Å². The van der Waals surface area contributed by atoms with Crippen molar-refractivity contribution in [1.82, 2.24) is 31.1 Å². The van der Waals surface area contributed by atoms with E-state index >= 15 is 0 Å². The van der Waals surface area contributed by atoms with E-state index in [1.165, 1.54) is 4.90 Å². The molecule has 0 radical (unpaired) electrons. The number of carbonyl (C=O) groups excluding carboxylic acids is 6. The van der Waals surface area contributed by atoms with E-state index in [0.717, 1.165) is 12.8 Å². The van der Waals surface area contributed by atoms with E-state index in [1.54, 1.807) is 4.90 Å². The molecule has 4 fully saturated rings. The summed E-state index contributed by atoms with van der Waals surface area (Å²) in [6, 6.07) is -3.94. The molecule has 0 aromatic rings. The molecule has 2 aliphatic carbocycles. The van der Waals surface area contributed by atoms with Gasteiger partial charge in [-0.15, -0.1) is 0 Å². The first-order valence-electron chi connectivity index (χ1n) is 16.3. The second-order valence-corrected chi connectivity index (χ2v) is 16.2. The number of nitrogens with two attached hydrogens (primary N) is 1. The molecule has 7 amide bonds. The minimum Gasteiger partial charge on any atom is -0.363 e. The Balaban J connectivity index is 1.52. The van der Waals surface area contributed by atoms with E-state index in [-0.39, 0.29) is 40.5 Å². The van der Waals surface area contributed by atoms with Crippen LogP contribution in [0.3, 0.4) is 0 Å². The van der Waals surface area contributed by atoms with Gasteiger partial charge in [0.25, 0.3) is 5.91 Å². The Bertz CT molecular complexity index is 1220. The van der Waals surface area contributed by atoms with E-state index in [4.69, 9.17) is 5.73 Å². The summed E-state index contributed by atoms with van der Waals surface area (Å²) in [4.78, 5) is 81.8. The van der Waals surface area contributed by atoms with Gasteiger partial charge in [0, 0.05) is 26.2 Å². The molecule has 0 spiro atoms. The third-order valence-electron chi connectivity index (χ3n) is 10.5. The van der Waals surface area contributed by atoms with Crippen LogP contribution in [0.15, 0.2) is 0 Å². The predicted molar refractivity (Wildman–Crippen MR) is 167 cm³/mol. The number of ketones is 1. The fourth-order valence-corrected chi connectivity index (χ4v) is 7.13. The molecule has 13 nitrogen and oxygen atoms in total. The molecule has 13 heteroatoms. The lowest BCUT2D eigenvalue weighted by molar-refractivity contribution is -0.145. The van der Waals surface area contributed by atoms with Crippen LogP contribution in [0.2, 0.25) is 0 Å². The molecule has 0 bridgehead atoms. The highest BCUT2D eigenvalue weighted by Gasteiger charge is 2.70. The molecule has 2 heterocycles. The Hall–Kier alpha value is -3.38. The summed E-state index contributed by atoms with van der Waals surface area (Å²) in [5.74, 6) is -2.97. The smallest absolute Gasteiger partial charge is 0.317 e. The number of Topliss-reactive ketones (excluding diaryl/α,β-unsaturated/α-hetero) is 1. The number of hydrogen-bond acceptors (Lipinski definition) is 6. The molecule has 4 aliphatic rings. The van der Waals surface area contributed by atoms with Gasteiger partial charge in [0.15, 0.2) is 0 Å². The van der Waals surface area contributed by atoms with Gasteiger partial charge in [0.1, 0.15) is 18.1 Å². The molecule has 45 heavy (non-hydrogen) atoms. The van der Waals surface area contributed by atoms with Crippen molar-refractivity contribution in [3.8, 4) is 0 Å². The first-order valence-corrected chi connectivity index (χ1v) is 16.3. The Kier molecular flexibility index (Phi) is 9.53. The van der Waals surface area contributed by atoms with E-state index in [9.17, 15) is 28.8 Å². The summed E-state index contributed by atoms with van der Waals surface area (Å²) in [5, 5.41) is 11.5. The summed E-state index contributed by atoms with van der Waals surface area (Å²) in [6.45, 7) is 17.5. The van der Waals surface area contributed by atoms with Gasteiger partial charge >= 0.3 is 12.1 Å². The van der Waals surface area contributed by atoms with E-state index in [1.807, 2.05) is 41.5 Å². The zero-order chi connectivity index (χ0) is 33.6. The molecule has 252 valence electrons. The number of fused-ring (bicyclic) bond motifs is 1. The number of hydrogen-bond donors (Lipinski definition) is 5. The number of nitrogens with zero attached hydrogens (tertiary/aromatic N) is 2. The molecule has 2 aliphatic heterocycles. The third-order valence-corrected chi connectivity index (χ3v) is 10.5. The lowest BCUT2D eigenvalue weighted by atomic mass is 9.78. The van der Waals surface area contributed by atoms with Gasteiger partial charge in [0.2, 0.25) is 17.6 Å². The van der Waals surface area contributed by atoms with Crippen LogP contribution in [-0.2, 0) is 19.2 Å². The van der Waals surface area contributed by atoms with Crippen LogP contribution in [0, 0.1) is 34.0 Å². The van der Waals surface area contributed by atoms with E-state index < -0.39 is 53.2 Å². The van der Waals surface area contributed by atoms with Gasteiger partial charge in [-0.3, -0.25) is 19.2 Å². The molecule has 1 unspecified atom stereocenters. The van der Waals surface area contributed by atoms with E-state index in [0.29, 0.717) is 39.0 Å². The molecule has 0 aromatic heterocycles. The summed E-state index contributed by atoms with van der Waals surface area (Å²) < 4.78 is 0. The molecule has 2 saturated carbocycles. The highest BCUT2D eigenvalue weighted by molar-refractivity contribution is 6.38. The van der Waals surface area contributed by atoms with Crippen molar-refractivity contribution in [3.63, 3.8) is 0 Å². The van der Waals surface area contributed by atoms with Crippen molar-refractivity contribution < 1.29 is 28.8 Å². The second-order valence-electron chi connectivity index (χ2n) is 16.2. The van der Waals surface area contributed by atoms with Gasteiger partial charge in [-0.2, -0.15) is 0 Å². The monoisotopic (exact) mass is 631 g/mol. The van der Waals surface area contributed by atoms with Gasteiger partial charge in [-0.1, -0.05) is 61.8 Å². The fourth-order valence-electron chi connectivity index (χ4n) is 7.13. The average Bonchev–Trinajstić information content (AvgIpc) is 3.21. The molecular weight excluding hydrogens is 578 g/mol. The van der Waals surface area contributed by atoms with Crippen LogP contribution >= 0.6 is 0 Å². The number of amides is 7. The average molecular weight is 632 g/mol. The van der Waals surface area contributed by atoms with Crippen molar-refractivity contribution >= 4 is 35.6 Å². The number of rotatable bonds is 10. The summed E-state index contributed by atoms with van der Waals surface area (Å²) >= 11 is 0. The first-order chi connectivity index (χ1) is 20.7. The lowest BCUT2D eigenvalue weighted by Gasteiger charge is -2.40. The number of nitrogens with one attached hydrogen (secondary N) is 4.